The fourth-order valence-corrected chi connectivity index (χ4v) is 4.71. The van der Waals surface area contributed by atoms with Gasteiger partial charge in [-0.25, -0.2) is 8.42 Å². The SMILES string of the molecule is CCC(CC)NC(=O)c1cc(=O)[nH]c2ccc(S(=O)(=O)N3CCOCC3)cc12. The van der Waals surface area contributed by atoms with Crippen molar-refractivity contribution in [1.29, 1.82) is 0 Å². The first-order chi connectivity index (χ1) is 13.4. The van der Waals surface area contributed by atoms with Crippen LogP contribution in [0.15, 0.2) is 34.0 Å². The number of hydrogen-bond donors (Lipinski definition) is 2. The molecule has 1 aliphatic heterocycles. The number of H-pyrrole nitrogens is 1. The van der Waals surface area contributed by atoms with Gasteiger partial charge in [0.25, 0.3) is 5.91 Å². The first-order valence-corrected chi connectivity index (χ1v) is 10.9. The van der Waals surface area contributed by atoms with Crippen LogP contribution in [0.2, 0.25) is 0 Å². The number of nitrogens with one attached hydrogen (secondary N) is 2. The maximum absolute atomic E-state index is 12.9. The molecule has 2 N–H and O–H groups in total. The number of benzene rings is 1. The number of carbonyl (C=O) groups is 1. The van der Waals surface area contributed by atoms with Crippen molar-refractivity contribution in [2.75, 3.05) is 26.3 Å². The van der Waals surface area contributed by atoms with Crippen molar-refractivity contribution in [2.45, 2.75) is 37.6 Å². The molecule has 1 amide bonds. The second kappa shape index (κ2) is 8.42. The van der Waals surface area contributed by atoms with Gasteiger partial charge >= 0.3 is 0 Å². The molecule has 2 heterocycles. The highest BCUT2D eigenvalue weighted by Crippen LogP contribution is 2.23. The monoisotopic (exact) mass is 407 g/mol. The second-order valence-electron chi connectivity index (χ2n) is 6.76. The van der Waals surface area contributed by atoms with Crippen LogP contribution in [0.3, 0.4) is 0 Å². The van der Waals surface area contributed by atoms with Gasteiger partial charge in [0.15, 0.2) is 0 Å². The molecule has 28 heavy (non-hydrogen) atoms. The van der Waals surface area contributed by atoms with Crippen LogP contribution in [-0.4, -0.2) is 56.0 Å². The Balaban J connectivity index is 2.06. The second-order valence-corrected chi connectivity index (χ2v) is 8.70. The minimum atomic E-state index is -3.71. The lowest BCUT2D eigenvalue weighted by atomic mass is 10.1. The van der Waals surface area contributed by atoms with E-state index in [1.807, 2.05) is 13.8 Å². The molecule has 1 aromatic carbocycles. The number of aromatic nitrogens is 1. The third kappa shape index (κ3) is 4.11. The first kappa shape index (κ1) is 20.5. The molecule has 0 bridgehead atoms. The van der Waals surface area contributed by atoms with Crippen molar-refractivity contribution in [3.8, 4) is 0 Å². The molecular weight excluding hydrogens is 382 g/mol. The van der Waals surface area contributed by atoms with Crippen molar-refractivity contribution in [1.82, 2.24) is 14.6 Å². The van der Waals surface area contributed by atoms with Gasteiger partial charge < -0.3 is 15.0 Å². The van der Waals surface area contributed by atoms with E-state index in [0.717, 1.165) is 12.8 Å². The number of hydrogen-bond acceptors (Lipinski definition) is 5. The van der Waals surface area contributed by atoms with Crippen molar-refractivity contribution in [3.05, 3.63) is 40.2 Å². The Morgan fingerprint density at radius 1 is 1.21 bits per heavy atom. The largest absolute Gasteiger partial charge is 0.379 e. The molecule has 9 heteroatoms. The molecule has 1 aliphatic rings. The first-order valence-electron chi connectivity index (χ1n) is 9.42. The van der Waals surface area contributed by atoms with Crippen molar-refractivity contribution in [3.63, 3.8) is 0 Å². The topological polar surface area (TPSA) is 109 Å². The minimum Gasteiger partial charge on any atom is -0.379 e. The van der Waals surface area contributed by atoms with Gasteiger partial charge in [0.05, 0.1) is 23.7 Å². The molecule has 0 unspecified atom stereocenters. The predicted octanol–water partition coefficient (Wildman–Crippen LogP) is 1.47. The van der Waals surface area contributed by atoms with Gasteiger partial charge in [-0.3, -0.25) is 9.59 Å². The van der Waals surface area contributed by atoms with Gasteiger partial charge in [-0.2, -0.15) is 4.31 Å². The summed E-state index contributed by atoms with van der Waals surface area (Å²) >= 11 is 0. The normalized spacial score (nSPS) is 15.8. The van der Waals surface area contributed by atoms with Crippen molar-refractivity contribution in [2.24, 2.45) is 0 Å². The van der Waals surface area contributed by atoms with Crippen LogP contribution >= 0.6 is 0 Å². The molecule has 0 spiro atoms. The van der Waals surface area contributed by atoms with E-state index < -0.39 is 15.6 Å². The zero-order chi connectivity index (χ0) is 20.3. The summed E-state index contributed by atoms with van der Waals surface area (Å²) in [4.78, 5) is 27.5. The molecule has 2 aromatic rings. The number of carbonyl (C=O) groups excluding carboxylic acids is 1. The Hall–Kier alpha value is -2.23. The van der Waals surface area contributed by atoms with Gasteiger partial charge in [0, 0.05) is 36.1 Å². The Morgan fingerprint density at radius 3 is 2.54 bits per heavy atom. The number of aromatic amines is 1. The Morgan fingerprint density at radius 2 is 1.89 bits per heavy atom. The van der Waals surface area contributed by atoms with Crippen LogP contribution in [0.25, 0.3) is 10.9 Å². The molecule has 0 radical (unpaired) electrons. The summed E-state index contributed by atoms with van der Waals surface area (Å²) in [6.45, 7) is 5.21. The zero-order valence-electron chi connectivity index (χ0n) is 16.0. The average molecular weight is 407 g/mol. The van der Waals surface area contributed by atoms with Gasteiger partial charge in [-0.1, -0.05) is 13.8 Å². The number of pyridine rings is 1. The van der Waals surface area contributed by atoms with Crippen molar-refractivity contribution >= 4 is 26.8 Å². The molecule has 0 atom stereocenters. The molecule has 152 valence electrons. The van der Waals surface area contributed by atoms with E-state index in [1.54, 1.807) is 0 Å². The van der Waals surface area contributed by atoms with E-state index in [0.29, 0.717) is 24.1 Å². The fraction of sp³-hybridized carbons (Fsp3) is 0.474. The molecule has 1 fully saturated rings. The Bertz CT molecular complexity index is 1020. The highest BCUT2D eigenvalue weighted by Gasteiger charge is 2.27. The number of morpholine rings is 1. The van der Waals surface area contributed by atoms with Crippen LogP contribution in [-0.2, 0) is 14.8 Å². The van der Waals surface area contributed by atoms with E-state index in [1.165, 1.54) is 28.6 Å². The molecular formula is C19H25N3O5S. The summed E-state index contributed by atoms with van der Waals surface area (Å²) in [5, 5.41) is 3.31. The van der Waals surface area contributed by atoms with Gasteiger partial charge in [0.1, 0.15) is 0 Å². The maximum Gasteiger partial charge on any atom is 0.252 e. The summed E-state index contributed by atoms with van der Waals surface area (Å²) in [7, 11) is -3.71. The highest BCUT2D eigenvalue weighted by molar-refractivity contribution is 7.89. The van der Waals surface area contributed by atoms with Gasteiger partial charge in [-0.05, 0) is 31.0 Å². The third-order valence-electron chi connectivity index (χ3n) is 4.99. The average Bonchev–Trinajstić information content (AvgIpc) is 2.71. The number of rotatable bonds is 6. The number of amides is 1. The van der Waals surface area contributed by atoms with Gasteiger partial charge in [-0.15, -0.1) is 0 Å². The lowest BCUT2D eigenvalue weighted by Crippen LogP contribution is -2.40. The number of fused-ring (bicyclic) bond motifs is 1. The van der Waals surface area contributed by atoms with Crippen LogP contribution in [0.5, 0.6) is 0 Å². The number of nitrogens with zero attached hydrogens (tertiary/aromatic N) is 1. The number of ether oxygens (including phenoxy) is 1. The fourth-order valence-electron chi connectivity index (χ4n) is 3.27. The molecule has 3 rings (SSSR count). The van der Waals surface area contributed by atoms with E-state index in [-0.39, 0.29) is 35.5 Å². The summed E-state index contributed by atoms with van der Waals surface area (Å²) < 4.78 is 32.5. The maximum atomic E-state index is 12.9. The summed E-state index contributed by atoms with van der Waals surface area (Å²) in [5.74, 6) is -0.384. The Kier molecular flexibility index (Phi) is 6.17. The molecule has 8 nitrogen and oxygen atoms in total. The number of sulfonamides is 1. The van der Waals surface area contributed by atoms with E-state index in [4.69, 9.17) is 4.74 Å². The molecule has 1 aromatic heterocycles. The van der Waals surface area contributed by atoms with Crippen LogP contribution in [0.1, 0.15) is 37.0 Å². The lowest BCUT2D eigenvalue weighted by molar-refractivity contribution is 0.0730. The lowest BCUT2D eigenvalue weighted by Gasteiger charge is -2.26. The summed E-state index contributed by atoms with van der Waals surface area (Å²) in [6, 6.07) is 5.63. The van der Waals surface area contributed by atoms with Crippen LogP contribution < -0.4 is 10.9 Å². The smallest absolute Gasteiger partial charge is 0.252 e. The third-order valence-corrected chi connectivity index (χ3v) is 6.88. The molecule has 1 saturated heterocycles. The van der Waals surface area contributed by atoms with E-state index in [9.17, 15) is 18.0 Å². The minimum absolute atomic E-state index is 0.0119. The van der Waals surface area contributed by atoms with Gasteiger partial charge in [0.2, 0.25) is 15.6 Å². The van der Waals surface area contributed by atoms with Crippen LogP contribution in [0, 0.1) is 0 Å². The summed E-state index contributed by atoms with van der Waals surface area (Å²) in [6.07, 6.45) is 1.53. The zero-order valence-corrected chi connectivity index (χ0v) is 16.8. The van der Waals surface area contributed by atoms with E-state index in [2.05, 4.69) is 10.3 Å². The van der Waals surface area contributed by atoms with Crippen molar-refractivity contribution < 1.29 is 17.9 Å². The highest BCUT2D eigenvalue weighted by atomic mass is 32.2. The quantitative estimate of drug-likeness (QED) is 0.754. The Labute approximate surface area is 163 Å². The van der Waals surface area contributed by atoms with E-state index >= 15 is 0 Å². The molecule has 0 saturated carbocycles. The standard InChI is InChI=1S/C19H25N3O5S/c1-3-13(4-2)20-19(24)16-12-18(23)21-17-6-5-14(11-15(16)17)28(25,26)22-7-9-27-10-8-22/h5-6,11-13H,3-4,7-10H2,1-2H3,(H,20,24)(H,21,23). The van der Waals surface area contributed by atoms with Crippen LogP contribution in [0.4, 0.5) is 0 Å². The predicted molar refractivity (Wildman–Crippen MR) is 106 cm³/mol. The molecule has 0 aliphatic carbocycles. The summed E-state index contributed by atoms with van der Waals surface area (Å²) in [5.41, 5.74) is 0.179.